The van der Waals surface area contributed by atoms with Gasteiger partial charge < -0.3 is 15.0 Å². The first kappa shape index (κ1) is 24.2. The molecule has 0 aliphatic rings. The van der Waals surface area contributed by atoms with Crippen LogP contribution in [0, 0.1) is 10.1 Å². The predicted molar refractivity (Wildman–Crippen MR) is 130 cm³/mol. The lowest BCUT2D eigenvalue weighted by atomic mass is 9.87. The lowest BCUT2D eigenvalue weighted by Gasteiger charge is -2.19. The van der Waals surface area contributed by atoms with E-state index in [2.05, 4.69) is 41.2 Å². The Bertz CT molecular complexity index is 1310. The van der Waals surface area contributed by atoms with Gasteiger partial charge >= 0.3 is 0 Å². The van der Waals surface area contributed by atoms with E-state index in [1.807, 2.05) is 31.2 Å². The Morgan fingerprint density at radius 1 is 1.09 bits per heavy atom. The zero-order valence-electron chi connectivity index (χ0n) is 19.7. The number of non-ortho nitro benzene ring substituents is 1. The van der Waals surface area contributed by atoms with Crippen LogP contribution in [0.15, 0.2) is 58.1 Å². The Balaban J connectivity index is 1.38. The van der Waals surface area contributed by atoms with E-state index in [0.29, 0.717) is 28.2 Å². The number of hydrogen-bond acceptors (Lipinski definition) is 10. The van der Waals surface area contributed by atoms with Gasteiger partial charge in [-0.15, -0.1) is 20.4 Å². The van der Waals surface area contributed by atoms with Crippen LogP contribution in [0.3, 0.4) is 0 Å². The maximum Gasteiger partial charge on any atom is 0.269 e. The molecule has 2 aromatic heterocycles. The minimum absolute atomic E-state index is 0.0126. The van der Waals surface area contributed by atoms with Crippen molar-refractivity contribution in [2.45, 2.75) is 50.1 Å². The summed E-state index contributed by atoms with van der Waals surface area (Å²) in [6.45, 7) is 8.51. The molecule has 2 aromatic carbocycles. The highest BCUT2D eigenvalue weighted by atomic mass is 32.2. The van der Waals surface area contributed by atoms with Crippen molar-refractivity contribution in [2.24, 2.45) is 0 Å². The number of rotatable bonds is 8. The van der Waals surface area contributed by atoms with Gasteiger partial charge in [0.15, 0.2) is 5.82 Å². The van der Waals surface area contributed by atoms with Crippen LogP contribution in [-0.2, 0) is 12.0 Å². The molecule has 0 spiro atoms. The number of nitrogens with zero attached hydrogens (tertiary/aromatic N) is 6. The molecule has 0 saturated heterocycles. The SMILES string of the molecule is CC(Sc1nnc(COc2ccc(C(C)(C)C)cc2)n1N)c1nnc(-c2ccc([N+](=O)[O-])cc2)o1. The molecule has 2 heterocycles. The van der Waals surface area contributed by atoms with E-state index in [4.69, 9.17) is 15.0 Å². The number of hydrogen-bond donors (Lipinski definition) is 1. The van der Waals surface area contributed by atoms with Crippen LogP contribution >= 0.6 is 11.8 Å². The van der Waals surface area contributed by atoms with E-state index in [9.17, 15) is 10.1 Å². The number of nitrogen functional groups attached to an aromatic ring is 1. The molecule has 182 valence electrons. The molecular formula is C23H25N7O4S. The average molecular weight is 496 g/mol. The topological polar surface area (TPSA) is 148 Å². The van der Waals surface area contributed by atoms with Crippen molar-refractivity contribution in [3.05, 3.63) is 75.9 Å². The fourth-order valence-corrected chi connectivity index (χ4v) is 3.95. The lowest BCUT2D eigenvalue weighted by Crippen LogP contribution is -2.16. The molecule has 4 rings (SSSR count). The molecule has 4 aromatic rings. The van der Waals surface area contributed by atoms with Gasteiger partial charge in [0.25, 0.3) is 5.69 Å². The van der Waals surface area contributed by atoms with Gasteiger partial charge in [-0.25, -0.2) is 4.68 Å². The molecule has 0 aliphatic carbocycles. The highest BCUT2D eigenvalue weighted by Gasteiger charge is 2.21. The van der Waals surface area contributed by atoms with Crippen LogP contribution < -0.4 is 10.6 Å². The van der Waals surface area contributed by atoms with Crippen molar-refractivity contribution >= 4 is 17.4 Å². The Kier molecular flexibility index (Phi) is 6.74. The van der Waals surface area contributed by atoms with E-state index in [0.717, 1.165) is 0 Å². The van der Waals surface area contributed by atoms with Gasteiger partial charge in [-0.3, -0.25) is 10.1 Å². The summed E-state index contributed by atoms with van der Waals surface area (Å²) in [6, 6.07) is 13.8. The molecule has 0 saturated carbocycles. The average Bonchev–Trinajstić information content (AvgIpc) is 3.45. The molecule has 12 heteroatoms. The fourth-order valence-electron chi connectivity index (χ4n) is 3.13. The smallest absolute Gasteiger partial charge is 0.269 e. The number of nitro benzene ring substituents is 1. The Morgan fingerprint density at radius 2 is 1.77 bits per heavy atom. The first-order valence-corrected chi connectivity index (χ1v) is 11.7. The fraction of sp³-hybridized carbons (Fsp3) is 0.304. The number of nitrogens with two attached hydrogens (primary N) is 1. The van der Waals surface area contributed by atoms with Crippen LogP contribution in [0.25, 0.3) is 11.5 Å². The van der Waals surface area contributed by atoms with Gasteiger partial charge in [-0.2, -0.15) is 0 Å². The molecule has 0 aliphatic heterocycles. The number of benzene rings is 2. The van der Waals surface area contributed by atoms with Gasteiger partial charge in [-0.1, -0.05) is 44.7 Å². The number of nitro groups is 1. The highest BCUT2D eigenvalue weighted by Crippen LogP contribution is 2.34. The van der Waals surface area contributed by atoms with Crippen LogP contribution in [-0.4, -0.2) is 30.0 Å². The Labute approximate surface area is 205 Å². The summed E-state index contributed by atoms with van der Waals surface area (Å²) in [5, 5.41) is 27.4. The zero-order chi connectivity index (χ0) is 25.2. The summed E-state index contributed by atoms with van der Waals surface area (Å²) in [5.74, 6) is 7.99. The van der Waals surface area contributed by atoms with E-state index in [-0.39, 0.29) is 28.8 Å². The largest absolute Gasteiger partial charge is 0.486 e. The summed E-state index contributed by atoms with van der Waals surface area (Å²) in [4.78, 5) is 10.4. The number of thioether (sulfide) groups is 1. The third kappa shape index (κ3) is 5.60. The summed E-state index contributed by atoms with van der Waals surface area (Å²) >= 11 is 1.31. The van der Waals surface area contributed by atoms with Gasteiger partial charge in [0, 0.05) is 17.7 Å². The molecular weight excluding hydrogens is 470 g/mol. The highest BCUT2D eigenvalue weighted by molar-refractivity contribution is 7.99. The van der Waals surface area contributed by atoms with Crippen molar-refractivity contribution < 1.29 is 14.1 Å². The quantitative estimate of drug-likeness (QED) is 0.158. The molecule has 11 nitrogen and oxygen atoms in total. The standard InChI is InChI=1S/C23H25N7O4S/c1-14(20-26-27-21(34-20)15-5-9-17(10-6-15)30(31)32)35-22-28-25-19(29(22)24)13-33-18-11-7-16(8-12-18)23(2,3)4/h5-12,14H,13,24H2,1-4H3. The van der Waals surface area contributed by atoms with Crippen molar-refractivity contribution in [1.29, 1.82) is 0 Å². The maximum absolute atomic E-state index is 10.8. The molecule has 0 fully saturated rings. The van der Waals surface area contributed by atoms with Gasteiger partial charge in [-0.05, 0) is 42.2 Å². The van der Waals surface area contributed by atoms with Crippen LogP contribution in [0.1, 0.15) is 50.2 Å². The molecule has 35 heavy (non-hydrogen) atoms. The van der Waals surface area contributed by atoms with Gasteiger partial charge in [0.1, 0.15) is 12.4 Å². The maximum atomic E-state index is 10.8. The molecule has 0 bridgehead atoms. The lowest BCUT2D eigenvalue weighted by molar-refractivity contribution is -0.384. The third-order valence-electron chi connectivity index (χ3n) is 5.22. The number of ether oxygens (including phenoxy) is 1. The van der Waals surface area contributed by atoms with Gasteiger partial charge in [0.2, 0.25) is 16.9 Å². The second-order valence-corrected chi connectivity index (χ2v) is 10.1. The van der Waals surface area contributed by atoms with Gasteiger partial charge in [0.05, 0.1) is 10.2 Å². The monoisotopic (exact) mass is 495 g/mol. The summed E-state index contributed by atoms with van der Waals surface area (Å²) in [6.07, 6.45) is 0. The Hall–Kier alpha value is -3.93. The molecule has 1 atom stereocenters. The van der Waals surface area contributed by atoms with E-state index >= 15 is 0 Å². The van der Waals surface area contributed by atoms with Crippen molar-refractivity contribution in [3.63, 3.8) is 0 Å². The zero-order valence-corrected chi connectivity index (χ0v) is 20.5. The second-order valence-electron chi connectivity index (χ2n) is 8.84. The van der Waals surface area contributed by atoms with Crippen LogP contribution in [0.5, 0.6) is 5.75 Å². The first-order chi connectivity index (χ1) is 16.6. The first-order valence-electron chi connectivity index (χ1n) is 10.8. The normalized spacial score (nSPS) is 12.5. The summed E-state index contributed by atoms with van der Waals surface area (Å²) in [5.41, 5.74) is 1.86. The van der Waals surface area contributed by atoms with Crippen LogP contribution in [0.2, 0.25) is 0 Å². The van der Waals surface area contributed by atoms with Crippen molar-refractivity contribution in [2.75, 3.05) is 5.84 Å². The van der Waals surface area contributed by atoms with E-state index < -0.39 is 4.92 Å². The minimum atomic E-state index is -0.466. The number of aromatic nitrogens is 5. The van der Waals surface area contributed by atoms with E-state index in [1.165, 1.54) is 34.1 Å². The molecule has 0 amide bonds. The molecule has 1 unspecified atom stereocenters. The van der Waals surface area contributed by atoms with E-state index in [1.54, 1.807) is 12.1 Å². The molecule has 2 N–H and O–H groups in total. The summed E-state index contributed by atoms with van der Waals surface area (Å²) in [7, 11) is 0. The predicted octanol–water partition coefficient (Wildman–Crippen LogP) is 4.68. The third-order valence-corrected chi connectivity index (χ3v) is 6.26. The molecule has 0 radical (unpaired) electrons. The van der Waals surface area contributed by atoms with Crippen molar-refractivity contribution in [3.8, 4) is 17.2 Å². The minimum Gasteiger partial charge on any atom is -0.486 e. The summed E-state index contributed by atoms with van der Waals surface area (Å²) < 4.78 is 13.0. The van der Waals surface area contributed by atoms with Crippen LogP contribution in [0.4, 0.5) is 5.69 Å². The Morgan fingerprint density at radius 3 is 2.40 bits per heavy atom. The van der Waals surface area contributed by atoms with Crippen molar-refractivity contribution in [1.82, 2.24) is 25.1 Å². The second kappa shape index (κ2) is 9.74.